The van der Waals surface area contributed by atoms with Crippen LogP contribution in [0.5, 0.6) is 11.5 Å². The predicted octanol–water partition coefficient (Wildman–Crippen LogP) is 3.48. The van der Waals surface area contributed by atoms with Crippen molar-refractivity contribution in [3.05, 3.63) is 63.7 Å². The Labute approximate surface area is 193 Å². The third-order valence-electron chi connectivity index (χ3n) is 5.04. The molecule has 9 heteroatoms. The highest BCUT2D eigenvalue weighted by Crippen LogP contribution is 2.30. The van der Waals surface area contributed by atoms with E-state index in [1.54, 1.807) is 6.92 Å². The van der Waals surface area contributed by atoms with Gasteiger partial charge in [0, 0.05) is 25.2 Å². The van der Waals surface area contributed by atoms with Gasteiger partial charge in [-0.2, -0.15) is 0 Å². The van der Waals surface area contributed by atoms with Crippen molar-refractivity contribution in [2.24, 2.45) is 5.92 Å². The summed E-state index contributed by atoms with van der Waals surface area (Å²) >= 11 is 0. The van der Waals surface area contributed by atoms with E-state index in [-0.39, 0.29) is 48.1 Å². The number of hydrogen-bond donors (Lipinski definition) is 1. The largest absolute Gasteiger partial charge is 0.490 e. The smallest absolute Gasteiger partial charge is 0.311 e. The van der Waals surface area contributed by atoms with Crippen LogP contribution < -0.4 is 14.8 Å². The number of rotatable bonds is 11. The van der Waals surface area contributed by atoms with Crippen molar-refractivity contribution < 1.29 is 24.0 Å². The SMILES string of the molecule is COc1cc(OCC(=O)N(Cc2ccc(C)cc2)[C@H](C)C(=O)NCC(C)C)ccc1[N+](=O)[O-]. The molecule has 0 radical (unpaired) electrons. The van der Waals surface area contributed by atoms with E-state index in [4.69, 9.17) is 9.47 Å². The summed E-state index contributed by atoms with van der Waals surface area (Å²) in [6.07, 6.45) is 0. The van der Waals surface area contributed by atoms with Gasteiger partial charge in [0.15, 0.2) is 6.61 Å². The molecular weight excluding hydrogens is 426 g/mol. The van der Waals surface area contributed by atoms with Crippen LogP contribution in [0.4, 0.5) is 5.69 Å². The molecule has 0 aromatic heterocycles. The Morgan fingerprint density at radius 2 is 1.79 bits per heavy atom. The molecule has 2 aromatic carbocycles. The standard InChI is InChI=1S/C24H31N3O6/c1-16(2)13-25-24(29)18(4)26(14-19-8-6-17(3)7-9-19)23(28)15-33-20-10-11-21(27(30)31)22(12-20)32-5/h6-12,16,18H,13-15H2,1-5H3,(H,25,29)/t18-/m1/s1. The zero-order valence-electron chi connectivity index (χ0n) is 19.7. The molecule has 9 nitrogen and oxygen atoms in total. The molecule has 0 bridgehead atoms. The number of nitrogens with one attached hydrogen (secondary N) is 1. The van der Waals surface area contributed by atoms with E-state index in [2.05, 4.69) is 5.32 Å². The zero-order chi connectivity index (χ0) is 24.5. The Morgan fingerprint density at radius 3 is 2.36 bits per heavy atom. The molecule has 0 fully saturated rings. The van der Waals surface area contributed by atoms with Crippen molar-refractivity contribution in [2.45, 2.75) is 40.3 Å². The van der Waals surface area contributed by atoms with Gasteiger partial charge in [0.2, 0.25) is 11.7 Å². The van der Waals surface area contributed by atoms with Crippen LogP contribution in [0.25, 0.3) is 0 Å². The fourth-order valence-corrected chi connectivity index (χ4v) is 3.05. The van der Waals surface area contributed by atoms with Gasteiger partial charge < -0.3 is 19.7 Å². The van der Waals surface area contributed by atoms with Gasteiger partial charge in [-0.1, -0.05) is 43.7 Å². The molecule has 0 aliphatic heterocycles. The lowest BCUT2D eigenvalue weighted by molar-refractivity contribution is -0.385. The summed E-state index contributed by atoms with van der Waals surface area (Å²) in [5.74, 6) is -0.0787. The first-order chi connectivity index (χ1) is 15.6. The van der Waals surface area contributed by atoms with Crippen molar-refractivity contribution in [3.63, 3.8) is 0 Å². The second kappa shape index (κ2) is 11.8. The van der Waals surface area contributed by atoms with Gasteiger partial charge in [-0.25, -0.2) is 0 Å². The van der Waals surface area contributed by atoms with Gasteiger partial charge in [-0.3, -0.25) is 19.7 Å². The lowest BCUT2D eigenvalue weighted by atomic mass is 10.1. The Kier molecular flexibility index (Phi) is 9.20. The number of nitrogens with zero attached hydrogens (tertiary/aromatic N) is 2. The lowest BCUT2D eigenvalue weighted by Crippen LogP contribution is -2.49. The van der Waals surface area contributed by atoms with Gasteiger partial charge in [-0.05, 0) is 31.4 Å². The Balaban J connectivity index is 2.17. The van der Waals surface area contributed by atoms with E-state index in [9.17, 15) is 19.7 Å². The summed E-state index contributed by atoms with van der Waals surface area (Å²) in [6, 6.07) is 11.0. The highest BCUT2D eigenvalue weighted by atomic mass is 16.6. The summed E-state index contributed by atoms with van der Waals surface area (Å²) in [5.41, 5.74) is 1.77. The van der Waals surface area contributed by atoms with E-state index in [1.807, 2.05) is 45.0 Å². The van der Waals surface area contributed by atoms with Gasteiger partial charge in [-0.15, -0.1) is 0 Å². The number of hydrogen-bond acceptors (Lipinski definition) is 6. The average molecular weight is 458 g/mol. The molecule has 1 atom stereocenters. The minimum atomic E-state index is -0.715. The average Bonchev–Trinajstić information content (AvgIpc) is 2.79. The molecule has 178 valence electrons. The normalized spacial score (nSPS) is 11.6. The molecular formula is C24H31N3O6. The minimum Gasteiger partial charge on any atom is -0.490 e. The topological polar surface area (TPSA) is 111 Å². The van der Waals surface area contributed by atoms with E-state index in [0.717, 1.165) is 11.1 Å². The number of carbonyl (C=O) groups excluding carboxylic acids is 2. The predicted molar refractivity (Wildman–Crippen MR) is 124 cm³/mol. The van der Waals surface area contributed by atoms with Crippen LogP contribution in [0.2, 0.25) is 0 Å². The van der Waals surface area contributed by atoms with Crippen LogP contribution in [0.3, 0.4) is 0 Å². The van der Waals surface area contributed by atoms with Gasteiger partial charge in [0.25, 0.3) is 5.91 Å². The minimum absolute atomic E-state index is 0.0305. The maximum absolute atomic E-state index is 13.1. The van der Waals surface area contributed by atoms with Crippen LogP contribution in [-0.2, 0) is 16.1 Å². The van der Waals surface area contributed by atoms with Crippen LogP contribution in [-0.4, -0.2) is 47.9 Å². The Morgan fingerprint density at radius 1 is 1.12 bits per heavy atom. The first kappa shape index (κ1) is 25.6. The number of amides is 2. The second-order valence-electron chi connectivity index (χ2n) is 8.20. The molecule has 0 spiro atoms. The molecule has 2 aromatic rings. The van der Waals surface area contributed by atoms with Gasteiger partial charge >= 0.3 is 5.69 Å². The van der Waals surface area contributed by atoms with E-state index < -0.39 is 11.0 Å². The highest BCUT2D eigenvalue weighted by molar-refractivity contribution is 5.88. The third kappa shape index (κ3) is 7.48. The van der Waals surface area contributed by atoms with E-state index >= 15 is 0 Å². The summed E-state index contributed by atoms with van der Waals surface area (Å²) in [5, 5.41) is 13.9. The number of nitro groups is 1. The first-order valence-corrected chi connectivity index (χ1v) is 10.7. The third-order valence-corrected chi connectivity index (χ3v) is 5.04. The maximum Gasteiger partial charge on any atom is 0.311 e. The molecule has 0 saturated heterocycles. The van der Waals surface area contributed by atoms with Crippen molar-refractivity contribution in [1.82, 2.24) is 10.2 Å². The molecule has 0 saturated carbocycles. The number of aryl methyl sites for hydroxylation is 1. The lowest BCUT2D eigenvalue weighted by Gasteiger charge is -2.29. The molecule has 0 heterocycles. The van der Waals surface area contributed by atoms with Crippen LogP contribution in [0.15, 0.2) is 42.5 Å². The Bertz CT molecular complexity index is 975. The van der Waals surface area contributed by atoms with Gasteiger partial charge in [0.05, 0.1) is 12.0 Å². The zero-order valence-corrected chi connectivity index (χ0v) is 19.7. The number of nitro benzene ring substituents is 1. The fraction of sp³-hybridized carbons (Fsp3) is 0.417. The molecule has 33 heavy (non-hydrogen) atoms. The maximum atomic E-state index is 13.1. The van der Waals surface area contributed by atoms with Crippen molar-refractivity contribution in [1.29, 1.82) is 0 Å². The summed E-state index contributed by atoms with van der Waals surface area (Å²) in [7, 11) is 1.32. The monoisotopic (exact) mass is 457 g/mol. The quantitative estimate of drug-likeness (QED) is 0.409. The van der Waals surface area contributed by atoms with Crippen LogP contribution in [0, 0.1) is 23.0 Å². The highest BCUT2D eigenvalue weighted by Gasteiger charge is 2.27. The number of methoxy groups -OCH3 is 1. The van der Waals surface area contributed by atoms with Crippen molar-refractivity contribution in [3.8, 4) is 11.5 Å². The fourth-order valence-electron chi connectivity index (χ4n) is 3.05. The molecule has 0 unspecified atom stereocenters. The molecule has 0 aliphatic rings. The first-order valence-electron chi connectivity index (χ1n) is 10.7. The van der Waals surface area contributed by atoms with Crippen LogP contribution in [0.1, 0.15) is 31.9 Å². The number of benzene rings is 2. The molecule has 2 amide bonds. The second-order valence-corrected chi connectivity index (χ2v) is 8.20. The van der Waals surface area contributed by atoms with Crippen molar-refractivity contribution >= 4 is 17.5 Å². The molecule has 1 N–H and O–H groups in total. The van der Waals surface area contributed by atoms with Gasteiger partial charge in [0.1, 0.15) is 11.8 Å². The van der Waals surface area contributed by atoms with E-state index in [1.165, 1.54) is 30.2 Å². The molecule has 2 rings (SSSR count). The van der Waals surface area contributed by atoms with Crippen LogP contribution >= 0.6 is 0 Å². The van der Waals surface area contributed by atoms with Crippen molar-refractivity contribution in [2.75, 3.05) is 20.3 Å². The Hall–Kier alpha value is -3.62. The van der Waals surface area contributed by atoms with E-state index in [0.29, 0.717) is 6.54 Å². The number of ether oxygens (including phenoxy) is 2. The summed E-state index contributed by atoms with van der Waals surface area (Å²) in [4.78, 5) is 37.7. The molecule has 0 aliphatic carbocycles. The summed E-state index contributed by atoms with van der Waals surface area (Å²) in [6.45, 7) is 8.04. The summed E-state index contributed by atoms with van der Waals surface area (Å²) < 4.78 is 10.6. The number of carbonyl (C=O) groups is 2.